The number of aromatic nitrogens is 1. The van der Waals surface area contributed by atoms with Gasteiger partial charge in [-0.05, 0) is 31.5 Å². The van der Waals surface area contributed by atoms with Crippen LogP contribution in [-0.4, -0.2) is 10.7 Å². The molecule has 1 aromatic heterocycles. The molecule has 6 heteroatoms. The first-order valence-electron chi connectivity index (χ1n) is 5.82. The van der Waals surface area contributed by atoms with E-state index in [1.54, 1.807) is 23.5 Å². The number of hydrogen-bond donors (Lipinski definition) is 1. The van der Waals surface area contributed by atoms with Gasteiger partial charge in [-0.3, -0.25) is 5.43 Å². The van der Waals surface area contributed by atoms with Crippen LogP contribution < -0.4 is 5.43 Å². The molecule has 20 heavy (non-hydrogen) atoms. The zero-order valence-corrected chi connectivity index (χ0v) is 11.8. The van der Waals surface area contributed by atoms with Crippen molar-refractivity contribution in [3.8, 4) is 22.6 Å². The van der Waals surface area contributed by atoms with Gasteiger partial charge in [0, 0.05) is 0 Å². The van der Waals surface area contributed by atoms with Crippen molar-refractivity contribution in [3.05, 3.63) is 35.0 Å². The molecule has 0 aliphatic rings. The monoisotopic (exact) mass is 281 g/mol. The number of nitrogens with one attached hydrogen (secondary N) is 1. The summed E-state index contributed by atoms with van der Waals surface area (Å²) in [5, 5.41) is 21.9. The van der Waals surface area contributed by atoms with Crippen molar-refractivity contribution >= 4 is 22.7 Å². The smallest absolute Gasteiger partial charge is 0.237 e. The fraction of sp³-hybridized carbons (Fsp3) is 0.143. The molecule has 0 unspecified atom stereocenters. The molecule has 0 saturated heterocycles. The van der Waals surface area contributed by atoms with Crippen LogP contribution in [0.3, 0.4) is 0 Å². The third-order valence-electron chi connectivity index (χ3n) is 2.56. The summed E-state index contributed by atoms with van der Waals surface area (Å²) < 4.78 is 0. The molecular formula is C14H11N5S. The summed E-state index contributed by atoms with van der Waals surface area (Å²) in [6.07, 6.45) is 0. The maximum absolute atomic E-state index is 8.58. The molecule has 2 rings (SSSR count). The molecule has 1 N–H and O–H groups in total. The topological polar surface area (TPSA) is 84.9 Å². The molecule has 0 aliphatic heterocycles. The lowest BCUT2D eigenvalue weighted by Gasteiger charge is -2.02. The van der Waals surface area contributed by atoms with Gasteiger partial charge in [0.05, 0.1) is 21.3 Å². The average molecular weight is 281 g/mol. The van der Waals surface area contributed by atoms with Gasteiger partial charge in [0.15, 0.2) is 0 Å². The van der Waals surface area contributed by atoms with Crippen LogP contribution in [0, 0.1) is 36.5 Å². The summed E-state index contributed by atoms with van der Waals surface area (Å²) >= 11 is 1.65. The van der Waals surface area contributed by atoms with E-state index in [9.17, 15) is 0 Å². The van der Waals surface area contributed by atoms with Crippen LogP contribution >= 0.6 is 11.3 Å². The Bertz CT molecular complexity index is 712. The van der Waals surface area contributed by atoms with Gasteiger partial charge in [-0.15, -0.1) is 11.3 Å². The Balaban J connectivity index is 2.20. The van der Waals surface area contributed by atoms with Crippen molar-refractivity contribution < 1.29 is 0 Å². The predicted molar refractivity (Wildman–Crippen MR) is 79.3 cm³/mol. The Labute approximate surface area is 120 Å². The highest BCUT2D eigenvalue weighted by molar-refractivity contribution is 7.15. The van der Waals surface area contributed by atoms with E-state index in [1.807, 2.05) is 38.1 Å². The van der Waals surface area contributed by atoms with Crippen molar-refractivity contribution in [3.63, 3.8) is 0 Å². The largest absolute Gasteiger partial charge is 0.277 e. The SMILES string of the molecule is Cc1nc(C)c(-c2ccc(NN=C(C#N)C#N)cc2)s1. The van der Waals surface area contributed by atoms with Crippen molar-refractivity contribution in [1.82, 2.24) is 4.98 Å². The summed E-state index contributed by atoms with van der Waals surface area (Å²) in [4.78, 5) is 5.55. The molecule has 98 valence electrons. The van der Waals surface area contributed by atoms with Crippen LogP contribution in [0.4, 0.5) is 5.69 Å². The standard InChI is InChI=1S/C14H11N5S/c1-9-14(20-10(2)17-9)11-3-5-12(6-4-11)18-19-13(7-15)8-16/h3-6,18H,1-2H3. The molecule has 1 aromatic carbocycles. The summed E-state index contributed by atoms with van der Waals surface area (Å²) in [6, 6.07) is 11.0. The lowest BCUT2D eigenvalue weighted by Crippen LogP contribution is -1.96. The Morgan fingerprint density at radius 2 is 1.85 bits per heavy atom. The van der Waals surface area contributed by atoms with E-state index in [1.165, 1.54) is 0 Å². The van der Waals surface area contributed by atoms with Crippen molar-refractivity contribution in [2.45, 2.75) is 13.8 Å². The minimum atomic E-state index is -0.206. The molecule has 0 radical (unpaired) electrons. The van der Waals surface area contributed by atoms with Crippen molar-refractivity contribution in [1.29, 1.82) is 10.5 Å². The molecule has 0 spiro atoms. The van der Waals surface area contributed by atoms with E-state index in [2.05, 4.69) is 15.5 Å². The maximum atomic E-state index is 8.58. The molecule has 0 atom stereocenters. The minimum absolute atomic E-state index is 0.206. The quantitative estimate of drug-likeness (QED) is 0.691. The van der Waals surface area contributed by atoms with Crippen molar-refractivity contribution in [2.24, 2.45) is 5.10 Å². The molecule has 5 nitrogen and oxygen atoms in total. The number of anilines is 1. The van der Waals surface area contributed by atoms with Crippen LogP contribution in [0.15, 0.2) is 29.4 Å². The normalized spacial score (nSPS) is 9.40. The number of nitriles is 2. The summed E-state index contributed by atoms with van der Waals surface area (Å²) in [5.41, 5.74) is 5.29. The Morgan fingerprint density at radius 3 is 2.35 bits per heavy atom. The first kappa shape index (κ1) is 13.7. The molecule has 1 heterocycles. The number of thiazole rings is 1. The van der Waals surface area contributed by atoms with E-state index < -0.39 is 0 Å². The third-order valence-corrected chi connectivity index (χ3v) is 3.68. The maximum Gasteiger partial charge on any atom is 0.237 e. The molecule has 0 aliphatic carbocycles. The van der Waals surface area contributed by atoms with Gasteiger partial charge in [0.25, 0.3) is 0 Å². The molecule has 0 bridgehead atoms. The summed E-state index contributed by atoms with van der Waals surface area (Å²) in [6.45, 7) is 3.97. The summed E-state index contributed by atoms with van der Waals surface area (Å²) in [7, 11) is 0. The number of hydrogen-bond acceptors (Lipinski definition) is 6. The number of hydrazone groups is 1. The van der Waals surface area contributed by atoms with Crippen LogP contribution in [0.25, 0.3) is 10.4 Å². The Kier molecular flexibility index (Phi) is 4.09. The van der Waals surface area contributed by atoms with Gasteiger partial charge < -0.3 is 0 Å². The molecular weight excluding hydrogens is 270 g/mol. The first-order chi connectivity index (χ1) is 9.63. The Hall–Kier alpha value is -2.70. The van der Waals surface area contributed by atoms with Crippen LogP contribution in [-0.2, 0) is 0 Å². The minimum Gasteiger partial charge on any atom is -0.277 e. The second-order valence-corrected chi connectivity index (χ2v) is 5.22. The van der Waals surface area contributed by atoms with Gasteiger partial charge in [-0.25, -0.2) is 4.98 Å². The highest BCUT2D eigenvalue weighted by Crippen LogP contribution is 2.30. The number of nitrogens with zero attached hydrogens (tertiary/aromatic N) is 4. The van der Waals surface area contributed by atoms with Gasteiger partial charge in [-0.2, -0.15) is 15.6 Å². The highest BCUT2D eigenvalue weighted by Gasteiger charge is 2.07. The number of rotatable bonds is 3. The van der Waals surface area contributed by atoms with Crippen LogP contribution in [0.1, 0.15) is 10.7 Å². The van der Waals surface area contributed by atoms with Gasteiger partial charge in [0.1, 0.15) is 12.1 Å². The predicted octanol–water partition coefficient (Wildman–Crippen LogP) is 3.24. The van der Waals surface area contributed by atoms with Gasteiger partial charge in [0.2, 0.25) is 5.71 Å². The van der Waals surface area contributed by atoms with E-state index in [-0.39, 0.29) is 5.71 Å². The second kappa shape index (κ2) is 5.96. The second-order valence-electron chi connectivity index (χ2n) is 4.02. The molecule has 2 aromatic rings. The average Bonchev–Trinajstić information content (AvgIpc) is 2.79. The van der Waals surface area contributed by atoms with E-state index in [4.69, 9.17) is 10.5 Å². The first-order valence-corrected chi connectivity index (χ1v) is 6.64. The Morgan fingerprint density at radius 1 is 1.20 bits per heavy atom. The third kappa shape index (κ3) is 3.00. The number of benzene rings is 1. The molecule has 0 amide bonds. The van der Waals surface area contributed by atoms with Crippen LogP contribution in [0.5, 0.6) is 0 Å². The van der Waals surface area contributed by atoms with E-state index in [0.717, 1.165) is 26.8 Å². The van der Waals surface area contributed by atoms with Crippen molar-refractivity contribution in [2.75, 3.05) is 5.43 Å². The fourth-order valence-corrected chi connectivity index (χ4v) is 2.62. The van der Waals surface area contributed by atoms with Gasteiger partial charge in [-0.1, -0.05) is 12.1 Å². The van der Waals surface area contributed by atoms with Crippen LogP contribution in [0.2, 0.25) is 0 Å². The molecule has 0 saturated carbocycles. The van der Waals surface area contributed by atoms with Gasteiger partial charge >= 0.3 is 0 Å². The zero-order valence-electron chi connectivity index (χ0n) is 11.0. The fourth-order valence-electron chi connectivity index (χ4n) is 1.69. The highest BCUT2D eigenvalue weighted by atomic mass is 32.1. The lowest BCUT2D eigenvalue weighted by molar-refractivity contribution is 1.20. The zero-order chi connectivity index (χ0) is 14.5. The number of aryl methyl sites for hydroxylation is 2. The van der Waals surface area contributed by atoms with E-state index in [0.29, 0.717) is 0 Å². The molecule has 0 fully saturated rings. The lowest BCUT2D eigenvalue weighted by atomic mass is 10.1. The summed E-state index contributed by atoms with van der Waals surface area (Å²) in [5.74, 6) is 0. The van der Waals surface area contributed by atoms with E-state index >= 15 is 0 Å².